The van der Waals surface area contributed by atoms with Crippen LogP contribution in [-0.4, -0.2) is 26.1 Å². The summed E-state index contributed by atoms with van der Waals surface area (Å²) in [7, 11) is 0. The minimum Gasteiger partial charge on any atom is -0.369 e. The molecular formula is C17H14N4O3S. The number of carbonyl (C=O) groups is 1. The second kappa shape index (κ2) is 7.18. The van der Waals surface area contributed by atoms with Gasteiger partial charge < -0.3 is 5.73 Å². The Labute approximate surface area is 147 Å². The molecule has 25 heavy (non-hydrogen) atoms. The van der Waals surface area contributed by atoms with Gasteiger partial charge in [-0.1, -0.05) is 42.1 Å². The monoisotopic (exact) mass is 354 g/mol. The van der Waals surface area contributed by atoms with Crippen molar-refractivity contribution in [1.82, 2.24) is 9.55 Å². The van der Waals surface area contributed by atoms with Gasteiger partial charge in [0.1, 0.15) is 0 Å². The van der Waals surface area contributed by atoms with Crippen LogP contribution in [0.4, 0.5) is 5.69 Å². The van der Waals surface area contributed by atoms with E-state index in [1.807, 2.05) is 34.9 Å². The van der Waals surface area contributed by atoms with E-state index in [1.165, 1.54) is 23.9 Å². The van der Waals surface area contributed by atoms with Crippen LogP contribution in [0.15, 0.2) is 66.0 Å². The van der Waals surface area contributed by atoms with E-state index in [-0.39, 0.29) is 11.4 Å². The summed E-state index contributed by atoms with van der Waals surface area (Å²) in [4.78, 5) is 26.1. The maximum absolute atomic E-state index is 11.1. The van der Waals surface area contributed by atoms with Crippen molar-refractivity contribution in [2.45, 2.75) is 5.16 Å². The molecule has 1 heterocycles. The first-order valence-corrected chi connectivity index (χ1v) is 8.34. The number of thioether (sulfide) groups is 1. The van der Waals surface area contributed by atoms with E-state index < -0.39 is 10.8 Å². The minimum absolute atomic E-state index is 0.00431. The van der Waals surface area contributed by atoms with Gasteiger partial charge in [0.05, 0.1) is 22.6 Å². The summed E-state index contributed by atoms with van der Waals surface area (Å²) in [5.74, 6) is -0.345. The molecule has 126 valence electrons. The number of carbonyl (C=O) groups excluding carboxylic acids is 1. The second-order valence-electron chi connectivity index (χ2n) is 5.16. The van der Waals surface area contributed by atoms with Crippen LogP contribution in [0.3, 0.4) is 0 Å². The number of primary amides is 1. The smallest absolute Gasteiger partial charge is 0.270 e. The average Bonchev–Trinajstić information content (AvgIpc) is 3.04. The number of nitrogens with zero attached hydrogens (tertiary/aromatic N) is 3. The van der Waals surface area contributed by atoms with Crippen molar-refractivity contribution < 1.29 is 9.72 Å². The summed E-state index contributed by atoms with van der Waals surface area (Å²) in [5.41, 5.74) is 7.43. The van der Waals surface area contributed by atoms with Crippen molar-refractivity contribution in [3.05, 3.63) is 70.9 Å². The summed E-state index contributed by atoms with van der Waals surface area (Å²) >= 11 is 1.22. The summed E-state index contributed by atoms with van der Waals surface area (Å²) in [6, 6.07) is 15.8. The summed E-state index contributed by atoms with van der Waals surface area (Å²) in [6.07, 6.45) is 1.63. The zero-order chi connectivity index (χ0) is 17.8. The van der Waals surface area contributed by atoms with E-state index in [9.17, 15) is 14.9 Å². The zero-order valence-corrected chi connectivity index (χ0v) is 13.8. The molecule has 2 N–H and O–H groups in total. The highest BCUT2D eigenvalue weighted by Gasteiger charge is 2.16. The molecule has 1 amide bonds. The van der Waals surface area contributed by atoms with E-state index >= 15 is 0 Å². The Balaban J connectivity index is 2.12. The Hall–Kier alpha value is -3.13. The highest BCUT2D eigenvalue weighted by Crippen LogP contribution is 2.31. The standard InChI is InChI=1S/C17H14N4O3S/c18-16(22)11-25-17-19-10-15(20(17)13-6-2-1-3-7-13)12-5-4-8-14(9-12)21(23)24/h1-10H,11H2,(H2,18,22). The lowest BCUT2D eigenvalue weighted by Gasteiger charge is -2.11. The zero-order valence-electron chi connectivity index (χ0n) is 13.0. The number of non-ortho nitro benzene ring substituents is 1. The van der Waals surface area contributed by atoms with Crippen molar-refractivity contribution in [3.8, 4) is 16.9 Å². The highest BCUT2D eigenvalue weighted by atomic mass is 32.2. The van der Waals surface area contributed by atoms with E-state index in [1.54, 1.807) is 18.3 Å². The van der Waals surface area contributed by atoms with Gasteiger partial charge in [0.2, 0.25) is 5.91 Å². The third-order valence-corrected chi connectivity index (χ3v) is 4.42. The molecule has 0 radical (unpaired) electrons. The SMILES string of the molecule is NC(=O)CSc1ncc(-c2cccc([N+](=O)[O-])c2)n1-c1ccccc1. The van der Waals surface area contributed by atoms with E-state index in [0.717, 1.165) is 5.69 Å². The molecule has 0 bridgehead atoms. The van der Waals surface area contributed by atoms with Gasteiger partial charge >= 0.3 is 0 Å². The Morgan fingerprint density at radius 2 is 1.96 bits per heavy atom. The first-order valence-electron chi connectivity index (χ1n) is 7.35. The number of hydrogen-bond acceptors (Lipinski definition) is 5. The minimum atomic E-state index is -0.440. The van der Waals surface area contributed by atoms with Crippen LogP contribution >= 0.6 is 11.8 Å². The number of para-hydroxylation sites is 1. The third-order valence-electron chi connectivity index (χ3n) is 3.44. The van der Waals surface area contributed by atoms with Gasteiger partial charge in [-0.3, -0.25) is 19.5 Å². The highest BCUT2D eigenvalue weighted by molar-refractivity contribution is 7.99. The van der Waals surface area contributed by atoms with Crippen LogP contribution in [0.2, 0.25) is 0 Å². The molecule has 2 aromatic carbocycles. The van der Waals surface area contributed by atoms with Crippen LogP contribution in [0.5, 0.6) is 0 Å². The molecule has 0 aliphatic rings. The van der Waals surface area contributed by atoms with Crippen molar-refractivity contribution in [3.63, 3.8) is 0 Å². The van der Waals surface area contributed by atoms with E-state index in [4.69, 9.17) is 5.73 Å². The summed E-state index contributed by atoms with van der Waals surface area (Å²) in [5, 5.41) is 11.6. The topological polar surface area (TPSA) is 104 Å². The van der Waals surface area contributed by atoms with E-state index in [0.29, 0.717) is 16.4 Å². The molecule has 0 unspecified atom stereocenters. The molecule has 8 heteroatoms. The Morgan fingerprint density at radius 3 is 2.64 bits per heavy atom. The summed E-state index contributed by atoms with van der Waals surface area (Å²) in [6.45, 7) is 0. The molecule has 0 saturated carbocycles. The first kappa shape index (κ1) is 16.7. The molecule has 3 aromatic rings. The van der Waals surface area contributed by atoms with Crippen molar-refractivity contribution in [2.24, 2.45) is 5.73 Å². The van der Waals surface area contributed by atoms with Crippen LogP contribution in [-0.2, 0) is 4.79 Å². The van der Waals surface area contributed by atoms with Crippen LogP contribution < -0.4 is 5.73 Å². The molecule has 0 fully saturated rings. The largest absolute Gasteiger partial charge is 0.369 e. The van der Waals surface area contributed by atoms with Crippen molar-refractivity contribution >= 4 is 23.4 Å². The third kappa shape index (κ3) is 3.69. The fourth-order valence-corrected chi connectivity index (χ4v) is 3.11. The number of rotatable bonds is 6. The van der Waals surface area contributed by atoms with Crippen LogP contribution in [0.25, 0.3) is 16.9 Å². The van der Waals surface area contributed by atoms with E-state index in [2.05, 4.69) is 4.98 Å². The maximum Gasteiger partial charge on any atom is 0.270 e. The number of imidazole rings is 1. The Bertz CT molecular complexity index is 925. The molecule has 0 aliphatic carbocycles. The van der Waals surface area contributed by atoms with Crippen molar-refractivity contribution in [1.29, 1.82) is 0 Å². The van der Waals surface area contributed by atoms with Gasteiger partial charge in [-0.2, -0.15) is 0 Å². The predicted molar refractivity (Wildman–Crippen MR) is 95.6 cm³/mol. The second-order valence-corrected chi connectivity index (χ2v) is 6.10. The quantitative estimate of drug-likeness (QED) is 0.416. The molecule has 3 rings (SSSR count). The number of nitrogens with two attached hydrogens (primary N) is 1. The molecule has 7 nitrogen and oxygen atoms in total. The predicted octanol–water partition coefficient (Wildman–Crippen LogP) is 3.02. The lowest BCUT2D eigenvalue weighted by atomic mass is 10.1. The Morgan fingerprint density at radius 1 is 1.20 bits per heavy atom. The lowest BCUT2D eigenvalue weighted by Crippen LogP contribution is -2.13. The fourth-order valence-electron chi connectivity index (χ4n) is 2.38. The lowest BCUT2D eigenvalue weighted by molar-refractivity contribution is -0.384. The summed E-state index contributed by atoms with van der Waals surface area (Å²) < 4.78 is 1.85. The molecule has 0 atom stereocenters. The van der Waals surface area contributed by atoms with Gasteiger partial charge in [-0.25, -0.2) is 4.98 Å². The van der Waals surface area contributed by atoms with Crippen molar-refractivity contribution in [2.75, 3.05) is 5.75 Å². The number of amides is 1. The van der Waals surface area contributed by atoms with Gasteiger partial charge in [-0.05, 0) is 12.1 Å². The molecule has 0 spiro atoms. The molecular weight excluding hydrogens is 340 g/mol. The first-order chi connectivity index (χ1) is 12.1. The van der Waals surface area contributed by atoms with Crippen LogP contribution in [0.1, 0.15) is 0 Å². The van der Waals surface area contributed by atoms with Gasteiger partial charge in [0.25, 0.3) is 5.69 Å². The fraction of sp³-hybridized carbons (Fsp3) is 0.0588. The number of nitro benzene ring substituents is 1. The van der Waals surface area contributed by atoms with Gasteiger partial charge in [0, 0.05) is 23.4 Å². The normalized spacial score (nSPS) is 10.6. The molecule has 0 aliphatic heterocycles. The number of nitro groups is 1. The van der Waals surface area contributed by atoms with Gasteiger partial charge in [-0.15, -0.1) is 0 Å². The number of benzene rings is 2. The molecule has 1 aromatic heterocycles. The number of aromatic nitrogens is 2. The van der Waals surface area contributed by atoms with Gasteiger partial charge in [0.15, 0.2) is 5.16 Å². The molecule has 0 saturated heterocycles. The Kier molecular flexibility index (Phi) is 4.80. The maximum atomic E-state index is 11.1. The number of hydrogen-bond donors (Lipinski definition) is 1. The van der Waals surface area contributed by atoms with Crippen LogP contribution in [0, 0.1) is 10.1 Å². The average molecular weight is 354 g/mol.